The third-order valence-corrected chi connectivity index (χ3v) is 2.35. The Morgan fingerprint density at radius 3 is 2.93 bits per heavy atom. The summed E-state index contributed by atoms with van der Waals surface area (Å²) in [4.78, 5) is 3.86. The predicted molar refractivity (Wildman–Crippen MR) is 55.3 cm³/mol. The average molecular weight is 216 g/mol. The van der Waals surface area contributed by atoms with E-state index in [9.17, 15) is 5.11 Å². The molecule has 0 amide bonds. The zero-order valence-corrected chi connectivity index (χ0v) is 8.61. The molecule has 1 rings (SSSR count). The second-order valence-electron chi connectivity index (χ2n) is 3.19. The summed E-state index contributed by atoms with van der Waals surface area (Å²) in [5.74, 6) is 0. The first-order valence-electron chi connectivity index (χ1n) is 4.61. The molecule has 0 bridgehead atoms. The fourth-order valence-corrected chi connectivity index (χ4v) is 1.45. The van der Waals surface area contributed by atoms with Gasteiger partial charge in [-0.3, -0.25) is 4.98 Å². The fourth-order valence-electron chi connectivity index (χ4n) is 1.25. The van der Waals surface area contributed by atoms with E-state index in [1.54, 1.807) is 18.5 Å². The zero-order chi connectivity index (χ0) is 10.4. The molecule has 0 radical (unpaired) electrons. The van der Waals surface area contributed by atoms with Crippen LogP contribution in [0.15, 0.2) is 18.5 Å². The summed E-state index contributed by atoms with van der Waals surface area (Å²) < 4.78 is 0. The predicted octanol–water partition coefficient (Wildman–Crippen LogP) is 1.41. The summed E-state index contributed by atoms with van der Waals surface area (Å²) in [6.45, 7) is 0.112. The van der Waals surface area contributed by atoms with Crippen molar-refractivity contribution in [3.05, 3.63) is 29.0 Å². The number of rotatable bonds is 5. The SMILES string of the molecule is OCCCC(O)Cc1ccncc1Cl. The summed E-state index contributed by atoms with van der Waals surface area (Å²) in [7, 11) is 0. The summed E-state index contributed by atoms with van der Waals surface area (Å²) in [6.07, 6.45) is 4.50. The lowest BCUT2D eigenvalue weighted by Crippen LogP contribution is -2.11. The molecule has 0 aliphatic rings. The largest absolute Gasteiger partial charge is 0.396 e. The number of aliphatic hydroxyl groups excluding tert-OH is 2. The van der Waals surface area contributed by atoms with Crippen LogP contribution in [0.2, 0.25) is 5.02 Å². The van der Waals surface area contributed by atoms with Gasteiger partial charge in [0.05, 0.1) is 11.1 Å². The third kappa shape index (κ3) is 3.62. The van der Waals surface area contributed by atoms with Crippen LogP contribution in [0.3, 0.4) is 0 Å². The molecule has 4 heteroatoms. The van der Waals surface area contributed by atoms with E-state index in [4.69, 9.17) is 16.7 Å². The molecule has 1 aromatic heterocycles. The van der Waals surface area contributed by atoms with E-state index in [1.165, 1.54) is 0 Å². The van der Waals surface area contributed by atoms with Crippen molar-refractivity contribution in [2.24, 2.45) is 0 Å². The van der Waals surface area contributed by atoms with E-state index < -0.39 is 6.10 Å². The number of hydrogen-bond donors (Lipinski definition) is 2. The van der Waals surface area contributed by atoms with Gasteiger partial charge in [-0.2, -0.15) is 0 Å². The lowest BCUT2D eigenvalue weighted by atomic mass is 10.1. The minimum absolute atomic E-state index is 0.112. The third-order valence-electron chi connectivity index (χ3n) is 2.01. The molecule has 1 atom stereocenters. The Balaban J connectivity index is 2.47. The van der Waals surface area contributed by atoms with Crippen LogP contribution in [-0.2, 0) is 6.42 Å². The van der Waals surface area contributed by atoms with E-state index >= 15 is 0 Å². The van der Waals surface area contributed by atoms with Gasteiger partial charge < -0.3 is 10.2 Å². The number of aliphatic hydroxyl groups is 2. The molecule has 0 saturated carbocycles. The Hall–Kier alpha value is -0.640. The Kier molecular flexibility index (Phi) is 4.87. The first kappa shape index (κ1) is 11.4. The highest BCUT2D eigenvalue weighted by Crippen LogP contribution is 2.16. The van der Waals surface area contributed by atoms with Gasteiger partial charge in [0, 0.05) is 19.0 Å². The quantitative estimate of drug-likeness (QED) is 0.781. The van der Waals surface area contributed by atoms with Gasteiger partial charge >= 0.3 is 0 Å². The maximum absolute atomic E-state index is 9.57. The molecule has 0 aromatic carbocycles. The smallest absolute Gasteiger partial charge is 0.0622 e. The van der Waals surface area contributed by atoms with E-state index in [0.717, 1.165) is 5.56 Å². The number of aromatic nitrogens is 1. The first-order valence-corrected chi connectivity index (χ1v) is 4.99. The van der Waals surface area contributed by atoms with Gasteiger partial charge in [0.1, 0.15) is 0 Å². The molecule has 78 valence electrons. The van der Waals surface area contributed by atoms with E-state index in [0.29, 0.717) is 24.3 Å². The normalized spacial score (nSPS) is 12.8. The molecule has 1 heterocycles. The molecule has 3 nitrogen and oxygen atoms in total. The van der Waals surface area contributed by atoms with Crippen LogP contribution >= 0.6 is 11.6 Å². The molecular weight excluding hydrogens is 202 g/mol. The highest BCUT2D eigenvalue weighted by molar-refractivity contribution is 6.31. The standard InChI is InChI=1S/C10H14ClNO2/c11-10-7-12-4-3-8(10)6-9(14)2-1-5-13/h3-4,7,9,13-14H,1-2,5-6H2. The molecular formula is C10H14ClNO2. The molecule has 1 aromatic rings. The second kappa shape index (κ2) is 5.96. The van der Waals surface area contributed by atoms with Crippen molar-refractivity contribution in [2.45, 2.75) is 25.4 Å². The summed E-state index contributed by atoms with van der Waals surface area (Å²) in [5.41, 5.74) is 0.895. The van der Waals surface area contributed by atoms with Gasteiger partial charge in [0.15, 0.2) is 0 Å². The average Bonchev–Trinajstić information content (AvgIpc) is 2.18. The second-order valence-corrected chi connectivity index (χ2v) is 3.60. The maximum Gasteiger partial charge on any atom is 0.0622 e. The Morgan fingerprint density at radius 2 is 2.29 bits per heavy atom. The fraction of sp³-hybridized carbons (Fsp3) is 0.500. The van der Waals surface area contributed by atoms with Crippen molar-refractivity contribution in [3.63, 3.8) is 0 Å². The Labute approximate surface area is 88.4 Å². The van der Waals surface area contributed by atoms with Crippen LogP contribution in [0.5, 0.6) is 0 Å². The summed E-state index contributed by atoms with van der Waals surface area (Å²) >= 11 is 5.88. The van der Waals surface area contributed by atoms with Crippen LogP contribution in [0.4, 0.5) is 0 Å². The van der Waals surface area contributed by atoms with E-state index in [1.807, 2.05) is 0 Å². The minimum atomic E-state index is -0.443. The molecule has 2 N–H and O–H groups in total. The van der Waals surface area contributed by atoms with Crippen LogP contribution in [-0.4, -0.2) is 27.9 Å². The Morgan fingerprint density at radius 1 is 1.50 bits per heavy atom. The number of pyridine rings is 1. The van der Waals surface area contributed by atoms with Crippen molar-refractivity contribution in [3.8, 4) is 0 Å². The van der Waals surface area contributed by atoms with Crippen LogP contribution in [0.1, 0.15) is 18.4 Å². The summed E-state index contributed by atoms with van der Waals surface area (Å²) in [6, 6.07) is 1.80. The molecule has 0 saturated heterocycles. The molecule has 0 aliphatic heterocycles. The molecule has 0 fully saturated rings. The van der Waals surface area contributed by atoms with Crippen molar-refractivity contribution in [1.82, 2.24) is 4.98 Å². The molecule has 0 spiro atoms. The lowest BCUT2D eigenvalue weighted by molar-refractivity contribution is 0.150. The van der Waals surface area contributed by atoms with Gasteiger partial charge in [-0.1, -0.05) is 11.6 Å². The van der Waals surface area contributed by atoms with E-state index in [-0.39, 0.29) is 6.61 Å². The lowest BCUT2D eigenvalue weighted by Gasteiger charge is -2.10. The highest BCUT2D eigenvalue weighted by Gasteiger charge is 2.07. The molecule has 1 unspecified atom stereocenters. The molecule has 0 aliphatic carbocycles. The van der Waals surface area contributed by atoms with Crippen LogP contribution in [0.25, 0.3) is 0 Å². The van der Waals surface area contributed by atoms with Crippen molar-refractivity contribution in [2.75, 3.05) is 6.61 Å². The van der Waals surface area contributed by atoms with Crippen molar-refractivity contribution >= 4 is 11.6 Å². The topological polar surface area (TPSA) is 53.4 Å². The zero-order valence-electron chi connectivity index (χ0n) is 7.86. The van der Waals surface area contributed by atoms with Crippen LogP contribution in [0, 0.1) is 0 Å². The van der Waals surface area contributed by atoms with Crippen LogP contribution < -0.4 is 0 Å². The van der Waals surface area contributed by atoms with Crippen molar-refractivity contribution in [1.29, 1.82) is 0 Å². The maximum atomic E-state index is 9.57. The van der Waals surface area contributed by atoms with Gasteiger partial charge in [0.25, 0.3) is 0 Å². The summed E-state index contributed by atoms with van der Waals surface area (Å²) in [5, 5.41) is 18.7. The monoisotopic (exact) mass is 215 g/mol. The van der Waals surface area contributed by atoms with Gasteiger partial charge in [-0.15, -0.1) is 0 Å². The van der Waals surface area contributed by atoms with Crippen molar-refractivity contribution < 1.29 is 10.2 Å². The minimum Gasteiger partial charge on any atom is -0.396 e. The highest BCUT2D eigenvalue weighted by atomic mass is 35.5. The number of halogens is 1. The Bertz CT molecular complexity index is 281. The number of nitrogens with zero attached hydrogens (tertiary/aromatic N) is 1. The van der Waals surface area contributed by atoms with Gasteiger partial charge in [0.2, 0.25) is 0 Å². The first-order chi connectivity index (χ1) is 6.74. The van der Waals surface area contributed by atoms with E-state index in [2.05, 4.69) is 4.98 Å². The van der Waals surface area contributed by atoms with Gasteiger partial charge in [-0.25, -0.2) is 0 Å². The van der Waals surface area contributed by atoms with Gasteiger partial charge in [-0.05, 0) is 30.9 Å². The molecule has 14 heavy (non-hydrogen) atoms. The number of hydrogen-bond acceptors (Lipinski definition) is 3.